The minimum atomic E-state index is -1.22. The van der Waals surface area contributed by atoms with E-state index in [-0.39, 0.29) is 18.1 Å². The van der Waals surface area contributed by atoms with Crippen LogP contribution in [0.1, 0.15) is 55.2 Å². The fraction of sp³-hybridized carbons (Fsp3) is 0.391. The van der Waals surface area contributed by atoms with Gasteiger partial charge in [0.1, 0.15) is 16.2 Å². The minimum Gasteiger partial charge on any atom is -0.464 e. The zero-order valence-corrected chi connectivity index (χ0v) is 19.3. The molecule has 1 N–H and O–H groups in total. The molecule has 0 saturated carbocycles. The number of para-hydroxylation sites is 1. The Morgan fingerprint density at radius 1 is 1.19 bits per heavy atom. The monoisotopic (exact) mass is 441 g/mol. The number of hydrogen-bond acceptors (Lipinski definition) is 6. The number of aryl methyl sites for hydroxylation is 2. The second-order valence-corrected chi connectivity index (χ2v) is 8.75. The normalized spacial score (nSPS) is 11.5. The first kappa shape index (κ1) is 22.7. The van der Waals surface area contributed by atoms with Crippen LogP contribution >= 0.6 is 11.3 Å². The second-order valence-electron chi connectivity index (χ2n) is 7.75. The summed E-state index contributed by atoms with van der Waals surface area (Å²) in [5.74, 6) is -0.279. The molecule has 0 saturated heterocycles. The zero-order chi connectivity index (χ0) is 22.8. The van der Waals surface area contributed by atoms with Crippen LogP contribution in [0.25, 0.3) is 10.2 Å². The maximum atomic E-state index is 13.6. The molecule has 0 radical (unpaired) electrons. The van der Waals surface area contributed by atoms with Crippen molar-refractivity contribution in [2.24, 2.45) is 0 Å². The van der Waals surface area contributed by atoms with Gasteiger partial charge in [-0.3, -0.25) is 14.2 Å². The van der Waals surface area contributed by atoms with E-state index < -0.39 is 11.5 Å². The van der Waals surface area contributed by atoms with Crippen molar-refractivity contribution in [3.05, 3.63) is 57.0 Å². The van der Waals surface area contributed by atoms with Crippen LogP contribution in [-0.4, -0.2) is 28.0 Å². The van der Waals surface area contributed by atoms with E-state index in [0.29, 0.717) is 38.6 Å². The predicted octanol–water partition coefficient (Wildman–Crippen LogP) is 4.27. The first-order valence-electron chi connectivity index (χ1n) is 10.3. The minimum absolute atomic E-state index is 0.219. The van der Waals surface area contributed by atoms with Gasteiger partial charge in [0.15, 0.2) is 0 Å². The molecule has 1 amide bonds. The van der Waals surface area contributed by atoms with Crippen molar-refractivity contribution in [3.8, 4) is 0 Å². The second kappa shape index (κ2) is 9.01. The molecule has 0 aliphatic heterocycles. The first-order valence-corrected chi connectivity index (χ1v) is 11.1. The van der Waals surface area contributed by atoms with E-state index in [0.717, 1.165) is 6.42 Å². The molecular formula is C23H27N3O4S. The van der Waals surface area contributed by atoms with Gasteiger partial charge in [-0.1, -0.05) is 25.1 Å². The van der Waals surface area contributed by atoms with Crippen LogP contribution in [0, 0.1) is 6.92 Å². The number of thiophene rings is 1. The Kier molecular flexibility index (Phi) is 6.59. The van der Waals surface area contributed by atoms with E-state index in [2.05, 4.69) is 5.32 Å². The lowest BCUT2D eigenvalue weighted by molar-refractivity contribution is -0.152. The Bertz CT molecular complexity index is 1180. The molecule has 0 bridgehead atoms. The van der Waals surface area contributed by atoms with Crippen molar-refractivity contribution in [2.75, 3.05) is 11.9 Å². The smallest absolute Gasteiger partial charge is 0.331 e. The summed E-state index contributed by atoms with van der Waals surface area (Å²) in [6, 6.07) is 9.14. The molecule has 0 aliphatic carbocycles. The molecule has 0 atom stereocenters. The van der Waals surface area contributed by atoms with Crippen molar-refractivity contribution in [3.63, 3.8) is 0 Å². The Balaban J connectivity index is 2.17. The van der Waals surface area contributed by atoms with Gasteiger partial charge in [0, 0.05) is 12.1 Å². The average Bonchev–Trinajstić information content (AvgIpc) is 3.05. The zero-order valence-electron chi connectivity index (χ0n) is 18.4. The maximum Gasteiger partial charge on any atom is 0.331 e. The van der Waals surface area contributed by atoms with E-state index in [4.69, 9.17) is 9.72 Å². The summed E-state index contributed by atoms with van der Waals surface area (Å²) in [6.45, 7) is 8.98. The SMILES string of the molecule is CCCc1nc2sc(C(=O)Nc3ccccc3)c(C)c2c(=O)n1C(C)(C)C(=O)OCC. The van der Waals surface area contributed by atoms with E-state index >= 15 is 0 Å². The third-order valence-corrected chi connectivity index (χ3v) is 6.26. The highest BCUT2D eigenvalue weighted by molar-refractivity contribution is 7.20. The van der Waals surface area contributed by atoms with Gasteiger partial charge in [-0.15, -0.1) is 11.3 Å². The topological polar surface area (TPSA) is 90.3 Å². The summed E-state index contributed by atoms with van der Waals surface area (Å²) in [5, 5.41) is 3.22. The number of amides is 1. The number of rotatable bonds is 7. The summed E-state index contributed by atoms with van der Waals surface area (Å²) in [6.07, 6.45) is 1.28. The third kappa shape index (κ3) is 4.25. The number of hydrogen-bond donors (Lipinski definition) is 1. The van der Waals surface area contributed by atoms with Crippen LogP contribution in [-0.2, 0) is 21.5 Å². The average molecular weight is 442 g/mol. The molecule has 8 heteroatoms. The van der Waals surface area contributed by atoms with E-state index in [9.17, 15) is 14.4 Å². The van der Waals surface area contributed by atoms with Gasteiger partial charge < -0.3 is 10.1 Å². The number of nitrogens with zero attached hydrogens (tertiary/aromatic N) is 2. The number of aromatic nitrogens is 2. The Hall–Kier alpha value is -3.00. The molecule has 2 aromatic heterocycles. The van der Waals surface area contributed by atoms with E-state index in [1.807, 2.05) is 25.1 Å². The van der Waals surface area contributed by atoms with Crippen molar-refractivity contribution in [1.29, 1.82) is 0 Å². The molecule has 2 heterocycles. The lowest BCUT2D eigenvalue weighted by atomic mass is 10.0. The number of anilines is 1. The van der Waals surface area contributed by atoms with Gasteiger partial charge in [-0.25, -0.2) is 9.78 Å². The summed E-state index contributed by atoms with van der Waals surface area (Å²) in [5.41, 5.74) is -0.328. The molecule has 164 valence electrons. The number of fused-ring (bicyclic) bond motifs is 1. The third-order valence-electron chi connectivity index (χ3n) is 5.08. The van der Waals surface area contributed by atoms with Crippen LogP contribution in [0.4, 0.5) is 5.69 Å². The number of carbonyl (C=O) groups is 2. The lowest BCUT2D eigenvalue weighted by Gasteiger charge is -2.27. The molecule has 0 unspecified atom stereocenters. The van der Waals surface area contributed by atoms with Crippen LogP contribution < -0.4 is 10.9 Å². The number of esters is 1. The molecule has 1 aromatic carbocycles. The summed E-state index contributed by atoms with van der Waals surface area (Å²) in [7, 11) is 0. The van der Waals surface area contributed by atoms with Gasteiger partial charge in [0.05, 0.1) is 16.9 Å². The molecule has 0 spiro atoms. The highest BCUT2D eigenvalue weighted by Crippen LogP contribution is 2.30. The predicted molar refractivity (Wildman–Crippen MR) is 123 cm³/mol. The van der Waals surface area contributed by atoms with Crippen LogP contribution in [0.5, 0.6) is 0 Å². The molecule has 3 aromatic rings. The summed E-state index contributed by atoms with van der Waals surface area (Å²) < 4.78 is 6.64. The van der Waals surface area contributed by atoms with Gasteiger partial charge >= 0.3 is 5.97 Å². The van der Waals surface area contributed by atoms with Gasteiger partial charge in [0.2, 0.25) is 0 Å². The van der Waals surface area contributed by atoms with Gasteiger partial charge in [-0.2, -0.15) is 0 Å². The highest BCUT2D eigenvalue weighted by Gasteiger charge is 2.36. The molecule has 31 heavy (non-hydrogen) atoms. The quantitative estimate of drug-likeness (QED) is 0.553. The van der Waals surface area contributed by atoms with Crippen molar-refractivity contribution in [1.82, 2.24) is 9.55 Å². The maximum absolute atomic E-state index is 13.6. The molecular weight excluding hydrogens is 414 g/mol. The summed E-state index contributed by atoms with van der Waals surface area (Å²) in [4.78, 5) is 44.7. The fourth-order valence-electron chi connectivity index (χ4n) is 3.52. The van der Waals surface area contributed by atoms with Crippen molar-refractivity contribution >= 4 is 39.1 Å². The largest absolute Gasteiger partial charge is 0.464 e. The number of ether oxygens (including phenoxy) is 1. The number of carbonyl (C=O) groups excluding carboxylic acids is 2. The summed E-state index contributed by atoms with van der Waals surface area (Å²) >= 11 is 1.19. The lowest BCUT2D eigenvalue weighted by Crippen LogP contribution is -2.46. The molecule has 0 aliphatic rings. The Labute approximate surface area is 185 Å². The molecule has 7 nitrogen and oxygen atoms in total. The van der Waals surface area contributed by atoms with Gasteiger partial charge in [-0.05, 0) is 51.8 Å². The van der Waals surface area contributed by atoms with Crippen LogP contribution in [0.2, 0.25) is 0 Å². The van der Waals surface area contributed by atoms with Crippen molar-refractivity contribution < 1.29 is 14.3 Å². The molecule has 3 rings (SSSR count). The first-order chi connectivity index (χ1) is 14.7. The highest BCUT2D eigenvalue weighted by atomic mass is 32.1. The Morgan fingerprint density at radius 2 is 1.87 bits per heavy atom. The van der Waals surface area contributed by atoms with Crippen LogP contribution in [0.3, 0.4) is 0 Å². The molecule has 0 fully saturated rings. The van der Waals surface area contributed by atoms with Crippen LogP contribution in [0.15, 0.2) is 35.1 Å². The standard InChI is InChI=1S/C23H27N3O4S/c1-6-11-16-25-20-17(21(28)26(16)23(4,5)22(29)30-7-2)14(3)18(31-20)19(27)24-15-12-9-8-10-13-15/h8-10,12-13H,6-7,11H2,1-5H3,(H,24,27). The number of benzene rings is 1. The van der Waals surface area contributed by atoms with Gasteiger partial charge in [0.25, 0.3) is 11.5 Å². The number of nitrogens with one attached hydrogen (secondary N) is 1. The van der Waals surface area contributed by atoms with E-state index in [1.165, 1.54) is 15.9 Å². The Morgan fingerprint density at radius 3 is 2.48 bits per heavy atom. The van der Waals surface area contributed by atoms with E-state index in [1.54, 1.807) is 39.8 Å². The van der Waals surface area contributed by atoms with Crippen molar-refractivity contribution in [2.45, 2.75) is 53.0 Å². The fourth-order valence-corrected chi connectivity index (χ4v) is 4.60.